The maximum atomic E-state index is 10.8. The molecule has 6 heteroatoms. The highest BCUT2D eigenvalue weighted by Crippen LogP contribution is 2.28. The molecular weight excluding hydrogens is 238 g/mol. The quantitative estimate of drug-likeness (QED) is 0.418. The van der Waals surface area contributed by atoms with Gasteiger partial charge in [-0.1, -0.05) is 6.07 Å². The minimum absolute atomic E-state index is 0.135. The minimum Gasteiger partial charge on any atom is -0.487 e. The highest BCUT2D eigenvalue weighted by Gasteiger charge is 2.15. The normalized spacial score (nSPS) is 10.3. The molecule has 1 rings (SSSR count). The van der Waals surface area contributed by atoms with Gasteiger partial charge in [-0.25, -0.2) is 0 Å². The van der Waals surface area contributed by atoms with Crippen LogP contribution >= 0.6 is 0 Å². The molecule has 6 nitrogen and oxygen atoms in total. The molecule has 0 atom stereocenters. The minimum atomic E-state index is -0.526. The number of hydrogen-bond acceptors (Lipinski definition) is 5. The summed E-state index contributed by atoms with van der Waals surface area (Å²) < 4.78 is 5.34. The van der Waals surface area contributed by atoms with Crippen LogP contribution in [0.4, 0.5) is 5.69 Å². The molecule has 1 aromatic carbocycles. The smallest absolute Gasteiger partial charge is 0.311 e. The van der Waals surface area contributed by atoms with Crippen molar-refractivity contribution < 1.29 is 19.9 Å². The van der Waals surface area contributed by atoms with Crippen molar-refractivity contribution in [2.24, 2.45) is 0 Å². The Morgan fingerprint density at radius 3 is 2.61 bits per heavy atom. The number of benzene rings is 1. The van der Waals surface area contributed by atoms with E-state index in [1.807, 2.05) is 0 Å². The van der Waals surface area contributed by atoms with E-state index in [2.05, 4.69) is 0 Å². The average Bonchev–Trinajstić information content (AvgIpc) is 2.38. The molecule has 0 amide bonds. The maximum Gasteiger partial charge on any atom is 0.311 e. The molecule has 0 fully saturated rings. The first-order valence-electron chi connectivity index (χ1n) is 5.81. The van der Waals surface area contributed by atoms with Crippen LogP contribution in [0.5, 0.6) is 5.75 Å². The molecule has 0 saturated heterocycles. The lowest BCUT2D eigenvalue weighted by Gasteiger charge is -2.07. The molecule has 0 unspecified atom stereocenters. The highest BCUT2D eigenvalue weighted by atomic mass is 16.6. The third-order valence-electron chi connectivity index (χ3n) is 2.46. The number of ether oxygens (including phenoxy) is 1. The fourth-order valence-corrected chi connectivity index (χ4v) is 1.50. The van der Waals surface area contributed by atoms with Crippen LogP contribution in [0.15, 0.2) is 18.2 Å². The maximum absolute atomic E-state index is 10.8. The summed E-state index contributed by atoms with van der Waals surface area (Å²) in [5, 5.41) is 28.4. The average molecular weight is 255 g/mol. The van der Waals surface area contributed by atoms with E-state index < -0.39 is 4.92 Å². The van der Waals surface area contributed by atoms with Crippen LogP contribution in [0.25, 0.3) is 0 Å². The van der Waals surface area contributed by atoms with Crippen molar-refractivity contribution in [2.45, 2.75) is 25.9 Å². The summed E-state index contributed by atoms with van der Waals surface area (Å²) in [5.41, 5.74) is 0.345. The molecule has 0 aromatic heterocycles. The van der Waals surface area contributed by atoms with Crippen LogP contribution in [0, 0.1) is 10.1 Å². The highest BCUT2D eigenvalue weighted by molar-refractivity contribution is 5.48. The summed E-state index contributed by atoms with van der Waals surface area (Å²) in [7, 11) is 0. The van der Waals surface area contributed by atoms with Gasteiger partial charge in [0.2, 0.25) is 0 Å². The van der Waals surface area contributed by atoms with E-state index in [1.54, 1.807) is 6.07 Å². The Bertz CT molecular complexity index is 394. The zero-order valence-corrected chi connectivity index (χ0v) is 10.0. The summed E-state index contributed by atoms with van der Waals surface area (Å²) >= 11 is 0. The molecule has 0 saturated carbocycles. The lowest BCUT2D eigenvalue weighted by molar-refractivity contribution is -0.386. The van der Waals surface area contributed by atoms with Crippen LogP contribution < -0.4 is 4.74 Å². The monoisotopic (exact) mass is 255 g/mol. The Morgan fingerprint density at radius 1 is 1.22 bits per heavy atom. The second-order valence-corrected chi connectivity index (χ2v) is 3.85. The number of aliphatic hydroxyl groups excluding tert-OH is 2. The standard InChI is InChI=1S/C12H17NO5/c14-6-2-1-3-7-18-12-5-4-10(9-15)8-11(12)13(16)17/h4-5,8,14-15H,1-3,6-7,9H2. The number of aliphatic hydroxyl groups is 2. The van der Waals surface area contributed by atoms with E-state index >= 15 is 0 Å². The van der Waals surface area contributed by atoms with E-state index in [4.69, 9.17) is 14.9 Å². The molecule has 0 aliphatic rings. The van der Waals surface area contributed by atoms with Gasteiger partial charge in [0.25, 0.3) is 0 Å². The topological polar surface area (TPSA) is 92.8 Å². The van der Waals surface area contributed by atoms with E-state index in [1.165, 1.54) is 12.1 Å². The molecule has 0 bridgehead atoms. The Hall–Kier alpha value is -1.66. The van der Waals surface area contributed by atoms with Gasteiger partial charge < -0.3 is 14.9 Å². The van der Waals surface area contributed by atoms with Crippen LogP contribution in [-0.2, 0) is 6.61 Å². The van der Waals surface area contributed by atoms with Crippen molar-refractivity contribution in [3.05, 3.63) is 33.9 Å². The Kier molecular flexibility index (Phi) is 6.10. The Morgan fingerprint density at radius 2 is 2.00 bits per heavy atom. The van der Waals surface area contributed by atoms with Crippen LogP contribution in [0.2, 0.25) is 0 Å². The summed E-state index contributed by atoms with van der Waals surface area (Å²) in [6.45, 7) is 0.280. The lowest BCUT2D eigenvalue weighted by Crippen LogP contribution is -2.01. The van der Waals surface area contributed by atoms with Gasteiger partial charge in [-0.05, 0) is 30.9 Å². The van der Waals surface area contributed by atoms with Crippen LogP contribution in [0.1, 0.15) is 24.8 Å². The molecule has 0 heterocycles. The molecule has 1 aromatic rings. The number of unbranched alkanes of at least 4 members (excludes halogenated alkanes) is 2. The van der Waals surface area contributed by atoms with Crippen molar-refractivity contribution in [2.75, 3.05) is 13.2 Å². The van der Waals surface area contributed by atoms with Gasteiger partial charge in [-0.3, -0.25) is 10.1 Å². The van der Waals surface area contributed by atoms with Crippen molar-refractivity contribution in [3.63, 3.8) is 0 Å². The van der Waals surface area contributed by atoms with E-state index in [0.29, 0.717) is 18.6 Å². The van der Waals surface area contributed by atoms with Crippen molar-refractivity contribution in [1.82, 2.24) is 0 Å². The first-order chi connectivity index (χ1) is 8.69. The molecule has 0 aliphatic carbocycles. The van der Waals surface area contributed by atoms with Gasteiger partial charge in [-0.15, -0.1) is 0 Å². The molecule has 0 aliphatic heterocycles. The van der Waals surface area contributed by atoms with E-state index in [9.17, 15) is 10.1 Å². The molecule has 0 radical (unpaired) electrons. The van der Waals surface area contributed by atoms with E-state index in [0.717, 1.165) is 12.8 Å². The molecule has 2 N–H and O–H groups in total. The van der Waals surface area contributed by atoms with Gasteiger partial charge in [0, 0.05) is 12.7 Å². The SMILES string of the molecule is O=[N+]([O-])c1cc(CO)ccc1OCCCCCO. The Balaban J connectivity index is 2.61. The number of nitro groups is 1. The second kappa shape index (κ2) is 7.62. The van der Waals surface area contributed by atoms with Gasteiger partial charge in [0.1, 0.15) is 0 Å². The van der Waals surface area contributed by atoms with Gasteiger partial charge >= 0.3 is 5.69 Å². The van der Waals surface area contributed by atoms with Crippen molar-refractivity contribution in [3.8, 4) is 5.75 Å². The van der Waals surface area contributed by atoms with Gasteiger partial charge in [0.05, 0.1) is 18.1 Å². The predicted octanol–water partition coefficient (Wildman–Crippen LogP) is 1.63. The molecule has 0 spiro atoms. The zero-order chi connectivity index (χ0) is 13.4. The third kappa shape index (κ3) is 4.31. The van der Waals surface area contributed by atoms with Crippen molar-refractivity contribution in [1.29, 1.82) is 0 Å². The predicted molar refractivity (Wildman–Crippen MR) is 65.5 cm³/mol. The summed E-state index contributed by atoms with van der Waals surface area (Å²) in [5.74, 6) is 0.209. The number of hydrogen-bond donors (Lipinski definition) is 2. The largest absolute Gasteiger partial charge is 0.487 e. The zero-order valence-electron chi connectivity index (χ0n) is 10.0. The first-order valence-corrected chi connectivity index (χ1v) is 5.81. The molecule has 18 heavy (non-hydrogen) atoms. The van der Waals surface area contributed by atoms with E-state index in [-0.39, 0.29) is 24.7 Å². The third-order valence-corrected chi connectivity index (χ3v) is 2.46. The first kappa shape index (κ1) is 14.4. The number of nitro benzene ring substituents is 1. The van der Waals surface area contributed by atoms with Crippen LogP contribution in [0.3, 0.4) is 0 Å². The van der Waals surface area contributed by atoms with Gasteiger partial charge in [-0.2, -0.15) is 0 Å². The molecular formula is C12H17NO5. The van der Waals surface area contributed by atoms with Crippen LogP contribution in [-0.4, -0.2) is 28.4 Å². The summed E-state index contributed by atoms with van der Waals surface area (Å²) in [6.07, 6.45) is 2.26. The van der Waals surface area contributed by atoms with Crippen molar-refractivity contribution >= 4 is 5.69 Å². The van der Waals surface area contributed by atoms with Gasteiger partial charge in [0.15, 0.2) is 5.75 Å². The lowest BCUT2D eigenvalue weighted by atomic mass is 10.2. The molecule has 100 valence electrons. The summed E-state index contributed by atoms with van der Waals surface area (Å²) in [4.78, 5) is 10.3. The fourth-order valence-electron chi connectivity index (χ4n) is 1.50. The Labute approximate surface area is 105 Å². The number of rotatable bonds is 8. The fraction of sp³-hybridized carbons (Fsp3) is 0.500. The number of nitrogens with zero attached hydrogens (tertiary/aromatic N) is 1. The summed E-state index contributed by atoms with van der Waals surface area (Å²) in [6, 6.07) is 4.40. The second-order valence-electron chi connectivity index (χ2n) is 3.85.